The van der Waals surface area contributed by atoms with Gasteiger partial charge in [0.1, 0.15) is 0 Å². The topological polar surface area (TPSA) is 43.8 Å². The number of rotatable bonds is 2. The van der Waals surface area contributed by atoms with Crippen LogP contribution in [0.1, 0.15) is 18.4 Å². The van der Waals surface area contributed by atoms with Gasteiger partial charge in [-0.05, 0) is 49.7 Å². The van der Waals surface area contributed by atoms with Gasteiger partial charge in [0.15, 0.2) is 0 Å². The molecular formula is C20H19ClF3N2O2S-. The Hall–Kier alpha value is -1.74. The van der Waals surface area contributed by atoms with Crippen molar-refractivity contribution in [3.05, 3.63) is 48.0 Å². The minimum Gasteiger partial charge on any atom is -1.00 e. The fourth-order valence-electron chi connectivity index (χ4n) is 3.64. The molecule has 4 rings (SSSR count). The zero-order valence-corrected chi connectivity index (χ0v) is 16.9. The molecule has 2 aromatic carbocycles. The molecule has 1 amide bonds. The van der Waals surface area contributed by atoms with Crippen molar-refractivity contribution < 1.29 is 35.5 Å². The van der Waals surface area contributed by atoms with Crippen LogP contribution in [0.2, 0.25) is 0 Å². The molecule has 1 saturated heterocycles. The Kier molecular flexibility index (Phi) is 6.48. The van der Waals surface area contributed by atoms with Crippen molar-refractivity contribution in [3.8, 4) is 0 Å². The van der Waals surface area contributed by atoms with Crippen LogP contribution in [0.15, 0.2) is 52.3 Å². The number of carbonyl (C=O) groups excluding carboxylic acids is 1. The van der Waals surface area contributed by atoms with Crippen LogP contribution in [0.25, 0.3) is 0 Å². The number of nitrogens with zero attached hydrogens (tertiary/aromatic N) is 2. The first-order valence-corrected chi connectivity index (χ1v) is 9.86. The number of likely N-dealkylation sites (tertiary alicyclic amines) is 1. The lowest BCUT2D eigenvalue weighted by Gasteiger charge is -2.35. The number of piperidine rings is 1. The van der Waals surface area contributed by atoms with Crippen molar-refractivity contribution >= 4 is 29.0 Å². The highest BCUT2D eigenvalue weighted by Gasteiger charge is 2.35. The predicted molar refractivity (Wildman–Crippen MR) is 101 cm³/mol. The number of carbonyl (C=O) groups is 1. The van der Waals surface area contributed by atoms with Gasteiger partial charge in [0.2, 0.25) is 5.91 Å². The molecule has 0 aromatic heterocycles. The lowest BCUT2D eigenvalue weighted by atomic mass is 10.1. The molecule has 2 aliphatic heterocycles. The number of β-amino-alcohol motifs (C(OH)–C–C–N with tert-alkyl or cyclic N) is 1. The smallest absolute Gasteiger partial charge is 0.416 e. The van der Waals surface area contributed by atoms with Gasteiger partial charge in [-0.1, -0.05) is 23.9 Å². The van der Waals surface area contributed by atoms with Crippen LogP contribution in [0.3, 0.4) is 0 Å². The van der Waals surface area contributed by atoms with Crippen LogP contribution >= 0.6 is 11.8 Å². The van der Waals surface area contributed by atoms with Gasteiger partial charge in [-0.3, -0.25) is 14.6 Å². The standard InChI is InChI=1S/C20H19F3N2O2S.ClH/c21-20(22,23)13-7-8-18-16(10-13)25(15-5-1-2-6-17(15)28-18)19(27)12-24-9-3-4-14(26)11-24;/h1-2,5-8,10,14,26H,3-4,9,11-12H2;1H/p-1. The number of aliphatic hydroxyl groups excluding tert-OH is 1. The summed E-state index contributed by atoms with van der Waals surface area (Å²) in [6.45, 7) is 1.12. The van der Waals surface area contributed by atoms with E-state index in [0.717, 1.165) is 23.4 Å². The summed E-state index contributed by atoms with van der Waals surface area (Å²) < 4.78 is 39.8. The molecule has 2 heterocycles. The number of alkyl halides is 3. The molecule has 1 unspecified atom stereocenters. The molecule has 9 heteroatoms. The van der Waals surface area contributed by atoms with Crippen molar-refractivity contribution in [2.24, 2.45) is 0 Å². The minimum absolute atomic E-state index is 0. The summed E-state index contributed by atoms with van der Waals surface area (Å²) in [6.07, 6.45) is -3.47. The van der Waals surface area contributed by atoms with Gasteiger partial charge in [-0.2, -0.15) is 13.2 Å². The number of halogens is 4. The Morgan fingerprint density at radius 3 is 2.59 bits per heavy atom. The van der Waals surface area contributed by atoms with E-state index in [2.05, 4.69) is 0 Å². The zero-order valence-electron chi connectivity index (χ0n) is 15.3. The number of anilines is 2. The molecule has 1 fully saturated rings. The van der Waals surface area contributed by atoms with Gasteiger partial charge in [0.25, 0.3) is 0 Å². The lowest BCUT2D eigenvalue weighted by Crippen LogP contribution is -3.00. The average molecular weight is 444 g/mol. The third-order valence-electron chi connectivity index (χ3n) is 4.94. The summed E-state index contributed by atoms with van der Waals surface area (Å²) in [7, 11) is 0. The quantitative estimate of drug-likeness (QED) is 0.760. The Balaban J connectivity index is 0.00000240. The van der Waals surface area contributed by atoms with Crippen LogP contribution in [0.5, 0.6) is 0 Å². The van der Waals surface area contributed by atoms with Gasteiger partial charge in [-0.15, -0.1) is 0 Å². The third kappa shape index (κ3) is 4.55. The van der Waals surface area contributed by atoms with Crippen molar-refractivity contribution in [1.82, 2.24) is 4.90 Å². The van der Waals surface area contributed by atoms with Crippen LogP contribution in [0, 0.1) is 0 Å². The molecule has 1 N–H and O–H groups in total. The van der Waals surface area contributed by atoms with Gasteiger partial charge in [0, 0.05) is 16.3 Å². The van der Waals surface area contributed by atoms with E-state index in [9.17, 15) is 23.1 Å². The van der Waals surface area contributed by atoms with Crippen molar-refractivity contribution in [2.45, 2.75) is 34.9 Å². The molecule has 1 atom stereocenters. The molecule has 0 saturated carbocycles. The van der Waals surface area contributed by atoms with E-state index in [-0.39, 0.29) is 30.5 Å². The number of fused-ring (bicyclic) bond motifs is 2. The second-order valence-electron chi connectivity index (χ2n) is 7.01. The lowest BCUT2D eigenvalue weighted by molar-refractivity contribution is -0.137. The van der Waals surface area contributed by atoms with Gasteiger partial charge >= 0.3 is 6.18 Å². The van der Waals surface area contributed by atoms with Crippen molar-refractivity contribution in [1.29, 1.82) is 0 Å². The van der Waals surface area contributed by atoms with Crippen molar-refractivity contribution in [3.63, 3.8) is 0 Å². The van der Waals surface area contributed by atoms with E-state index in [1.54, 1.807) is 12.1 Å². The molecular weight excluding hydrogens is 425 g/mol. The summed E-state index contributed by atoms with van der Waals surface area (Å²) in [4.78, 5) is 17.8. The summed E-state index contributed by atoms with van der Waals surface area (Å²) in [5.74, 6) is -0.303. The van der Waals surface area contributed by atoms with Crippen molar-refractivity contribution in [2.75, 3.05) is 24.5 Å². The molecule has 29 heavy (non-hydrogen) atoms. The van der Waals surface area contributed by atoms with E-state index in [4.69, 9.17) is 0 Å². The highest BCUT2D eigenvalue weighted by molar-refractivity contribution is 7.99. The fourth-order valence-corrected chi connectivity index (χ4v) is 4.67. The highest BCUT2D eigenvalue weighted by Crippen LogP contribution is 2.49. The normalized spacial score (nSPS) is 19.2. The summed E-state index contributed by atoms with van der Waals surface area (Å²) in [5, 5.41) is 9.85. The van der Waals surface area contributed by atoms with E-state index in [0.29, 0.717) is 30.1 Å². The fraction of sp³-hybridized carbons (Fsp3) is 0.350. The maximum Gasteiger partial charge on any atom is 0.416 e. The highest BCUT2D eigenvalue weighted by atomic mass is 35.5. The Bertz CT molecular complexity index is 910. The predicted octanol–water partition coefficient (Wildman–Crippen LogP) is 1.30. The number of para-hydroxylation sites is 1. The molecule has 0 spiro atoms. The van der Waals surface area contributed by atoms with Gasteiger partial charge < -0.3 is 17.5 Å². The number of benzene rings is 2. The average Bonchev–Trinajstić information content (AvgIpc) is 2.64. The van der Waals surface area contributed by atoms with E-state index < -0.39 is 17.8 Å². The number of amides is 1. The van der Waals surface area contributed by atoms with Gasteiger partial charge in [-0.25, -0.2) is 0 Å². The van der Waals surface area contributed by atoms with Crippen LogP contribution in [0.4, 0.5) is 24.5 Å². The number of aliphatic hydroxyl groups is 1. The van der Waals surface area contributed by atoms with Crippen LogP contribution in [-0.2, 0) is 11.0 Å². The Morgan fingerprint density at radius 1 is 1.14 bits per heavy atom. The minimum atomic E-state index is -4.48. The monoisotopic (exact) mass is 443 g/mol. The first-order valence-electron chi connectivity index (χ1n) is 9.04. The molecule has 4 nitrogen and oxygen atoms in total. The summed E-state index contributed by atoms with van der Waals surface area (Å²) in [5.41, 5.74) is 0.0559. The molecule has 0 bridgehead atoms. The first kappa shape index (κ1) is 22.0. The molecule has 0 aliphatic carbocycles. The SMILES string of the molecule is O=C(CN1CCCC(O)C1)N1c2ccccc2Sc2ccc(C(F)(F)F)cc21.[Cl-]. The maximum absolute atomic E-state index is 13.3. The van der Waals surface area contributed by atoms with Gasteiger partial charge in [0.05, 0.1) is 29.6 Å². The van der Waals surface area contributed by atoms with E-state index >= 15 is 0 Å². The Morgan fingerprint density at radius 2 is 1.86 bits per heavy atom. The Labute approximate surface area is 177 Å². The third-order valence-corrected chi connectivity index (χ3v) is 6.07. The largest absolute Gasteiger partial charge is 1.00 e. The number of hydrogen-bond donors (Lipinski definition) is 1. The van der Waals surface area contributed by atoms with E-state index in [1.807, 2.05) is 17.0 Å². The number of hydrogen-bond acceptors (Lipinski definition) is 4. The van der Waals surface area contributed by atoms with Crippen LogP contribution < -0.4 is 17.3 Å². The molecule has 156 valence electrons. The van der Waals surface area contributed by atoms with E-state index in [1.165, 1.54) is 22.7 Å². The maximum atomic E-state index is 13.3. The van der Waals surface area contributed by atoms with Crippen LogP contribution in [-0.4, -0.2) is 41.7 Å². The zero-order chi connectivity index (χ0) is 19.9. The summed E-state index contributed by atoms with van der Waals surface area (Å²) in [6, 6.07) is 10.7. The molecule has 0 radical (unpaired) electrons. The summed E-state index contributed by atoms with van der Waals surface area (Å²) >= 11 is 1.35. The second kappa shape index (κ2) is 8.55. The second-order valence-corrected chi connectivity index (χ2v) is 8.09. The molecule has 2 aromatic rings. The first-order chi connectivity index (χ1) is 13.3. The molecule has 2 aliphatic rings.